The lowest BCUT2D eigenvalue weighted by atomic mass is 9.96. The van der Waals surface area contributed by atoms with Gasteiger partial charge in [-0.2, -0.15) is 5.10 Å². The number of benzene rings is 1. The van der Waals surface area contributed by atoms with E-state index in [1.165, 1.54) is 24.0 Å². The van der Waals surface area contributed by atoms with Crippen molar-refractivity contribution in [2.45, 2.75) is 25.2 Å². The van der Waals surface area contributed by atoms with Gasteiger partial charge in [0.2, 0.25) is 0 Å². The van der Waals surface area contributed by atoms with Crippen LogP contribution in [0.15, 0.2) is 36.7 Å². The molecule has 2 aromatic rings. The topological polar surface area (TPSA) is 28.7 Å². The second-order valence-electron chi connectivity index (χ2n) is 4.62. The van der Waals surface area contributed by atoms with Gasteiger partial charge in [-0.15, -0.1) is 0 Å². The Morgan fingerprint density at radius 1 is 1.13 bits per heavy atom. The molecule has 1 heterocycles. The first-order chi connectivity index (χ1) is 7.28. The second-order valence-corrected chi connectivity index (χ2v) is 4.62. The molecular formula is C13H14N2. The van der Waals surface area contributed by atoms with E-state index >= 15 is 0 Å². The van der Waals surface area contributed by atoms with Crippen LogP contribution < -0.4 is 0 Å². The first-order valence-corrected chi connectivity index (χ1v) is 5.38. The molecule has 0 aliphatic heterocycles. The molecule has 76 valence electrons. The highest BCUT2D eigenvalue weighted by Crippen LogP contribution is 2.47. The van der Waals surface area contributed by atoms with Crippen molar-refractivity contribution in [3.05, 3.63) is 42.2 Å². The summed E-state index contributed by atoms with van der Waals surface area (Å²) in [5.74, 6) is 0. The summed E-state index contributed by atoms with van der Waals surface area (Å²) in [7, 11) is 0. The number of nitrogens with zero attached hydrogens (tertiary/aromatic N) is 1. The molecule has 0 amide bonds. The smallest absolute Gasteiger partial charge is 0.0565 e. The quantitative estimate of drug-likeness (QED) is 0.789. The summed E-state index contributed by atoms with van der Waals surface area (Å²) >= 11 is 0. The van der Waals surface area contributed by atoms with Gasteiger partial charge in [0.25, 0.3) is 0 Å². The summed E-state index contributed by atoms with van der Waals surface area (Å²) in [6, 6.07) is 8.86. The van der Waals surface area contributed by atoms with Crippen molar-refractivity contribution in [3.8, 4) is 11.1 Å². The molecule has 0 radical (unpaired) electrons. The summed E-state index contributed by atoms with van der Waals surface area (Å²) < 4.78 is 0. The predicted molar refractivity (Wildman–Crippen MR) is 60.6 cm³/mol. The molecule has 0 bridgehead atoms. The van der Waals surface area contributed by atoms with E-state index in [1.54, 1.807) is 0 Å². The molecule has 1 aliphatic rings. The lowest BCUT2D eigenvalue weighted by Crippen LogP contribution is -1.98. The molecule has 0 unspecified atom stereocenters. The molecule has 0 saturated heterocycles. The Balaban J connectivity index is 1.94. The van der Waals surface area contributed by atoms with E-state index in [4.69, 9.17) is 0 Å². The van der Waals surface area contributed by atoms with Crippen LogP contribution in [0.5, 0.6) is 0 Å². The molecule has 2 nitrogen and oxygen atoms in total. The Morgan fingerprint density at radius 2 is 1.87 bits per heavy atom. The fraction of sp³-hybridized carbons (Fsp3) is 0.308. The van der Waals surface area contributed by atoms with Crippen LogP contribution in [0.1, 0.15) is 25.3 Å². The maximum Gasteiger partial charge on any atom is 0.0565 e. The number of hydrogen-bond acceptors (Lipinski definition) is 1. The average molecular weight is 198 g/mol. The van der Waals surface area contributed by atoms with Gasteiger partial charge in [0, 0.05) is 11.8 Å². The molecule has 1 saturated carbocycles. The third-order valence-electron chi connectivity index (χ3n) is 3.41. The minimum Gasteiger partial charge on any atom is -0.285 e. The van der Waals surface area contributed by atoms with Crippen LogP contribution in [-0.2, 0) is 5.41 Å². The zero-order valence-electron chi connectivity index (χ0n) is 8.83. The van der Waals surface area contributed by atoms with Crippen LogP contribution in [0, 0.1) is 0 Å². The molecule has 0 atom stereocenters. The largest absolute Gasteiger partial charge is 0.285 e. The van der Waals surface area contributed by atoms with E-state index in [2.05, 4.69) is 41.4 Å². The lowest BCUT2D eigenvalue weighted by Gasteiger charge is -2.08. The van der Waals surface area contributed by atoms with Crippen LogP contribution in [0.4, 0.5) is 0 Å². The number of rotatable bonds is 2. The minimum absolute atomic E-state index is 0.467. The van der Waals surface area contributed by atoms with Gasteiger partial charge < -0.3 is 0 Å². The van der Waals surface area contributed by atoms with Crippen LogP contribution in [0.3, 0.4) is 0 Å². The van der Waals surface area contributed by atoms with Crippen molar-refractivity contribution in [2.75, 3.05) is 0 Å². The third kappa shape index (κ3) is 1.46. The van der Waals surface area contributed by atoms with Gasteiger partial charge in [0.05, 0.1) is 6.20 Å². The molecule has 3 rings (SSSR count). The molecule has 1 N–H and O–H groups in total. The van der Waals surface area contributed by atoms with E-state index in [-0.39, 0.29) is 0 Å². The molecule has 1 aromatic heterocycles. The summed E-state index contributed by atoms with van der Waals surface area (Å²) in [5.41, 5.74) is 4.32. The molecule has 1 fully saturated rings. The zero-order valence-corrected chi connectivity index (χ0v) is 8.83. The molecule has 1 aromatic carbocycles. The Labute approximate surface area is 89.3 Å². The monoisotopic (exact) mass is 198 g/mol. The number of hydrogen-bond donors (Lipinski definition) is 1. The minimum atomic E-state index is 0.467. The highest BCUT2D eigenvalue weighted by molar-refractivity contribution is 5.62. The van der Waals surface area contributed by atoms with Crippen LogP contribution >= 0.6 is 0 Å². The average Bonchev–Trinajstić information content (AvgIpc) is 2.84. The van der Waals surface area contributed by atoms with E-state index in [9.17, 15) is 0 Å². The fourth-order valence-corrected chi connectivity index (χ4v) is 1.95. The van der Waals surface area contributed by atoms with Gasteiger partial charge in [0.1, 0.15) is 0 Å². The van der Waals surface area contributed by atoms with Crippen molar-refractivity contribution in [3.63, 3.8) is 0 Å². The highest BCUT2D eigenvalue weighted by Gasteiger charge is 2.38. The summed E-state index contributed by atoms with van der Waals surface area (Å²) in [5, 5.41) is 6.79. The zero-order chi connectivity index (χ0) is 10.3. The lowest BCUT2D eigenvalue weighted by molar-refractivity contribution is 0.788. The van der Waals surface area contributed by atoms with Gasteiger partial charge in [-0.25, -0.2) is 0 Å². The maximum absolute atomic E-state index is 3.96. The van der Waals surface area contributed by atoms with Crippen LogP contribution in [-0.4, -0.2) is 10.2 Å². The Kier molecular flexibility index (Phi) is 1.72. The summed E-state index contributed by atoms with van der Waals surface area (Å²) in [6.45, 7) is 2.33. The van der Waals surface area contributed by atoms with E-state index in [1.807, 2.05) is 12.4 Å². The van der Waals surface area contributed by atoms with Crippen molar-refractivity contribution in [1.82, 2.24) is 10.2 Å². The molecule has 0 spiro atoms. The molecule has 2 heteroatoms. The number of aromatic nitrogens is 2. The first-order valence-electron chi connectivity index (χ1n) is 5.38. The van der Waals surface area contributed by atoms with E-state index < -0.39 is 0 Å². The number of aromatic amines is 1. The number of H-pyrrole nitrogens is 1. The van der Waals surface area contributed by atoms with E-state index in [0.717, 1.165) is 5.56 Å². The van der Waals surface area contributed by atoms with Crippen molar-refractivity contribution < 1.29 is 0 Å². The maximum atomic E-state index is 3.96. The third-order valence-corrected chi connectivity index (χ3v) is 3.41. The van der Waals surface area contributed by atoms with Crippen molar-refractivity contribution >= 4 is 0 Å². The predicted octanol–water partition coefficient (Wildman–Crippen LogP) is 3.13. The SMILES string of the molecule is CC1(c2ccc(-c3cn[nH]c3)cc2)CC1. The van der Waals surface area contributed by atoms with Gasteiger partial charge in [-0.3, -0.25) is 5.10 Å². The second kappa shape index (κ2) is 2.96. The molecule has 1 aliphatic carbocycles. The van der Waals surface area contributed by atoms with E-state index in [0.29, 0.717) is 5.41 Å². The number of nitrogens with one attached hydrogen (secondary N) is 1. The summed E-state index contributed by atoms with van der Waals surface area (Å²) in [6.07, 6.45) is 6.44. The van der Waals surface area contributed by atoms with Crippen molar-refractivity contribution in [1.29, 1.82) is 0 Å². The molecule has 15 heavy (non-hydrogen) atoms. The first kappa shape index (κ1) is 8.72. The Hall–Kier alpha value is -1.57. The Bertz CT molecular complexity index is 450. The fourth-order valence-electron chi connectivity index (χ4n) is 1.95. The van der Waals surface area contributed by atoms with Gasteiger partial charge in [0.15, 0.2) is 0 Å². The highest BCUT2D eigenvalue weighted by atomic mass is 15.1. The van der Waals surface area contributed by atoms with Crippen LogP contribution in [0.25, 0.3) is 11.1 Å². The van der Waals surface area contributed by atoms with Gasteiger partial charge in [-0.05, 0) is 29.4 Å². The van der Waals surface area contributed by atoms with Crippen molar-refractivity contribution in [2.24, 2.45) is 0 Å². The van der Waals surface area contributed by atoms with Gasteiger partial charge in [-0.1, -0.05) is 31.2 Å². The Morgan fingerprint density at radius 3 is 2.40 bits per heavy atom. The summed E-state index contributed by atoms with van der Waals surface area (Å²) in [4.78, 5) is 0. The van der Waals surface area contributed by atoms with Gasteiger partial charge >= 0.3 is 0 Å². The standard InChI is InChI=1S/C13H14N2/c1-13(6-7-13)12-4-2-10(3-5-12)11-8-14-15-9-11/h2-5,8-9H,6-7H2,1H3,(H,14,15). The normalized spacial score (nSPS) is 17.7. The molecular weight excluding hydrogens is 184 g/mol. The van der Waals surface area contributed by atoms with Crippen LogP contribution in [0.2, 0.25) is 0 Å².